The first-order valence-electron chi connectivity index (χ1n) is 6.01. The zero-order chi connectivity index (χ0) is 12.7. The molecular weight excluding hydrogens is 224 g/mol. The van der Waals surface area contributed by atoms with E-state index in [-0.39, 0.29) is 31.1 Å². The summed E-state index contributed by atoms with van der Waals surface area (Å²) in [4.78, 5) is 21.8. The molecule has 0 spiro atoms. The van der Waals surface area contributed by atoms with Crippen molar-refractivity contribution in [2.24, 2.45) is 0 Å². The summed E-state index contributed by atoms with van der Waals surface area (Å²) in [6, 6.07) is -0.323. The van der Waals surface area contributed by atoms with Gasteiger partial charge in [-0.15, -0.1) is 0 Å². The SMILES string of the molecule is CCC(NC(=O)NCCC(=O)O)C1CCCO1. The van der Waals surface area contributed by atoms with Gasteiger partial charge in [-0.1, -0.05) is 6.92 Å². The first-order chi connectivity index (χ1) is 8.13. The molecule has 2 atom stereocenters. The van der Waals surface area contributed by atoms with Crippen molar-refractivity contribution in [1.82, 2.24) is 10.6 Å². The molecule has 1 saturated heterocycles. The van der Waals surface area contributed by atoms with Crippen molar-refractivity contribution < 1.29 is 19.4 Å². The summed E-state index contributed by atoms with van der Waals surface area (Å²) in [7, 11) is 0. The van der Waals surface area contributed by atoms with Crippen molar-refractivity contribution >= 4 is 12.0 Å². The van der Waals surface area contributed by atoms with Gasteiger partial charge in [0.15, 0.2) is 0 Å². The Labute approximate surface area is 101 Å². The Balaban J connectivity index is 2.24. The van der Waals surface area contributed by atoms with Gasteiger partial charge in [0.25, 0.3) is 0 Å². The first kappa shape index (κ1) is 13.8. The van der Waals surface area contributed by atoms with Crippen LogP contribution < -0.4 is 10.6 Å². The molecule has 0 aromatic heterocycles. The number of nitrogens with one attached hydrogen (secondary N) is 2. The van der Waals surface area contributed by atoms with Crippen LogP contribution in [0.15, 0.2) is 0 Å². The van der Waals surface area contributed by atoms with Crippen molar-refractivity contribution in [2.75, 3.05) is 13.2 Å². The van der Waals surface area contributed by atoms with Crippen LogP contribution in [0.2, 0.25) is 0 Å². The largest absolute Gasteiger partial charge is 0.481 e. The third kappa shape index (κ3) is 5.04. The van der Waals surface area contributed by atoms with Crippen LogP contribution >= 0.6 is 0 Å². The van der Waals surface area contributed by atoms with Crippen molar-refractivity contribution in [3.63, 3.8) is 0 Å². The van der Waals surface area contributed by atoms with Gasteiger partial charge in [0.2, 0.25) is 0 Å². The van der Waals surface area contributed by atoms with E-state index in [0.29, 0.717) is 0 Å². The average Bonchev–Trinajstić information content (AvgIpc) is 2.78. The van der Waals surface area contributed by atoms with Crippen LogP contribution in [-0.2, 0) is 9.53 Å². The van der Waals surface area contributed by atoms with E-state index < -0.39 is 5.97 Å². The predicted molar refractivity (Wildman–Crippen MR) is 61.8 cm³/mol. The van der Waals surface area contributed by atoms with E-state index in [1.165, 1.54) is 0 Å². The fraction of sp³-hybridized carbons (Fsp3) is 0.818. The monoisotopic (exact) mass is 244 g/mol. The lowest BCUT2D eigenvalue weighted by Gasteiger charge is -2.22. The Morgan fingerprint density at radius 1 is 1.53 bits per heavy atom. The average molecular weight is 244 g/mol. The summed E-state index contributed by atoms with van der Waals surface area (Å²) < 4.78 is 5.51. The molecule has 1 aliphatic rings. The second-order valence-corrected chi connectivity index (χ2v) is 4.11. The van der Waals surface area contributed by atoms with Gasteiger partial charge in [-0.25, -0.2) is 4.79 Å². The van der Waals surface area contributed by atoms with Crippen LogP contribution in [0.25, 0.3) is 0 Å². The number of hydrogen-bond donors (Lipinski definition) is 3. The van der Waals surface area contributed by atoms with Crippen molar-refractivity contribution in [3.05, 3.63) is 0 Å². The number of carboxylic acid groups (broad SMARTS) is 1. The number of amides is 2. The summed E-state index contributed by atoms with van der Waals surface area (Å²) >= 11 is 0. The summed E-state index contributed by atoms with van der Waals surface area (Å²) in [5, 5.41) is 13.8. The minimum absolute atomic E-state index is 0.00216. The van der Waals surface area contributed by atoms with E-state index in [1.807, 2.05) is 6.92 Å². The molecule has 0 aromatic carbocycles. The highest BCUT2D eigenvalue weighted by Crippen LogP contribution is 2.17. The molecule has 0 radical (unpaired) electrons. The number of carboxylic acids is 1. The number of rotatable bonds is 6. The third-order valence-corrected chi connectivity index (χ3v) is 2.79. The molecular formula is C11H20N2O4. The second-order valence-electron chi connectivity index (χ2n) is 4.11. The molecule has 98 valence electrons. The third-order valence-electron chi connectivity index (χ3n) is 2.79. The molecule has 2 amide bonds. The fourth-order valence-corrected chi connectivity index (χ4v) is 1.88. The summed E-state index contributed by atoms with van der Waals surface area (Å²) in [6.07, 6.45) is 2.82. The lowest BCUT2D eigenvalue weighted by Crippen LogP contribution is -2.47. The summed E-state index contributed by atoms with van der Waals surface area (Å²) in [5.41, 5.74) is 0. The summed E-state index contributed by atoms with van der Waals surface area (Å²) in [6.45, 7) is 2.89. The Morgan fingerprint density at radius 2 is 2.29 bits per heavy atom. The molecule has 6 nitrogen and oxygen atoms in total. The maximum absolute atomic E-state index is 11.5. The molecule has 1 heterocycles. The van der Waals surface area contributed by atoms with Gasteiger partial charge in [-0.2, -0.15) is 0 Å². The van der Waals surface area contributed by atoms with Crippen molar-refractivity contribution in [1.29, 1.82) is 0 Å². The molecule has 0 saturated carbocycles. The van der Waals surface area contributed by atoms with Crippen LogP contribution in [0.1, 0.15) is 32.6 Å². The van der Waals surface area contributed by atoms with Gasteiger partial charge >= 0.3 is 12.0 Å². The number of aliphatic carboxylic acids is 1. The molecule has 1 aliphatic heterocycles. The quantitative estimate of drug-likeness (QED) is 0.642. The highest BCUT2D eigenvalue weighted by atomic mass is 16.5. The van der Waals surface area contributed by atoms with Gasteiger partial charge in [0.1, 0.15) is 0 Å². The Kier molecular flexibility index (Phi) is 5.76. The molecule has 1 fully saturated rings. The van der Waals surface area contributed by atoms with E-state index in [4.69, 9.17) is 9.84 Å². The van der Waals surface area contributed by atoms with E-state index in [0.717, 1.165) is 25.9 Å². The standard InChI is InChI=1S/C11H20N2O4/c1-2-8(9-4-3-7-17-9)13-11(16)12-6-5-10(14)15/h8-9H,2-7H2,1H3,(H,14,15)(H2,12,13,16). The first-order valence-corrected chi connectivity index (χ1v) is 6.01. The van der Waals surface area contributed by atoms with Crippen molar-refractivity contribution in [2.45, 2.75) is 44.8 Å². The lowest BCUT2D eigenvalue weighted by atomic mass is 10.1. The number of ether oxygens (including phenoxy) is 1. The topological polar surface area (TPSA) is 87.7 Å². The Bertz CT molecular complexity index is 264. The molecule has 0 aromatic rings. The highest BCUT2D eigenvalue weighted by molar-refractivity contribution is 5.75. The Hall–Kier alpha value is -1.30. The second kappa shape index (κ2) is 7.11. The molecule has 17 heavy (non-hydrogen) atoms. The Morgan fingerprint density at radius 3 is 2.82 bits per heavy atom. The molecule has 3 N–H and O–H groups in total. The van der Waals surface area contributed by atoms with Crippen molar-refractivity contribution in [3.8, 4) is 0 Å². The maximum Gasteiger partial charge on any atom is 0.315 e. The van der Waals surface area contributed by atoms with Gasteiger partial charge in [-0.05, 0) is 19.3 Å². The van der Waals surface area contributed by atoms with E-state index in [2.05, 4.69) is 10.6 Å². The van der Waals surface area contributed by atoms with E-state index in [9.17, 15) is 9.59 Å². The lowest BCUT2D eigenvalue weighted by molar-refractivity contribution is -0.136. The van der Waals surface area contributed by atoms with E-state index in [1.54, 1.807) is 0 Å². The minimum atomic E-state index is -0.920. The van der Waals surface area contributed by atoms with Gasteiger partial charge in [-0.3, -0.25) is 4.79 Å². The number of carbonyl (C=O) groups excluding carboxylic acids is 1. The maximum atomic E-state index is 11.5. The zero-order valence-corrected chi connectivity index (χ0v) is 10.1. The molecule has 1 rings (SSSR count). The smallest absolute Gasteiger partial charge is 0.315 e. The van der Waals surface area contributed by atoms with E-state index >= 15 is 0 Å². The minimum Gasteiger partial charge on any atom is -0.481 e. The fourth-order valence-electron chi connectivity index (χ4n) is 1.88. The molecule has 2 unspecified atom stereocenters. The predicted octanol–water partition coefficient (Wildman–Crippen LogP) is 0.718. The van der Waals surface area contributed by atoms with Crippen LogP contribution in [0.3, 0.4) is 0 Å². The number of urea groups is 1. The molecule has 6 heteroatoms. The molecule has 0 bridgehead atoms. The number of hydrogen-bond acceptors (Lipinski definition) is 3. The zero-order valence-electron chi connectivity index (χ0n) is 10.1. The van der Waals surface area contributed by atoms with Crippen LogP contribution in [0.4, 0.5) is 4.79 Å². The summed E-state index contributed by atoms with van der Waals surface area (Å²) in [5.74, 6) is -0.920. The van der Waals surface area contributed by atoms with Gasteiger partial charge in [0, 0.05) is 13.2 Å². The van der Waals surface area contributed by atoms with Gasteiger partial charge in [0.05, 0.1) is 18.6 Å². The van der Waals surface area contributed by atoms with Crippen LogP contribution in [0, 0.1) is 0 Å². The number of carbonyl (C=O) groups is 2. The highest BCUT2D eigenvalue weighted by Gasteiger charge is 2.25. The van der Waals surface area contributed by atoms with Crippen LogP contribution in [-0.4, -0.2) is 42.4 Å². The molecule has 0 aliphatic carbocycles. The normalized spacial score (nSPS) is 20.9. The van der Waals surface area contributed by atoms with Gasteiger partial charge < -0.3 is 20.5 Å². The van der Waals surface area contributed by atoms with Crippen LogP contribution in [0.5, 0.6) is 0 Å².